The predicted molar refractivity (Wildman–Crippen MR) is 225 cm³/mol. The number of nitrogens with one attached hydrogen (secondary N) is 1. The van der Waals surface area contributed by atoms with E-state index in [9.17, 15) is 43.5 Å². The van der Waals surface area contributed by atoms with E-state index < -0.39 is 71.2 Å². The average Bonchev–Trinajstić information content (AvgIpc) is 3.69. The first-order chi connectivity index (χ1) is 29.3. The molecule has 16 nitrogen and oxygen atoms in total. The van der Waals surface area contributed by atoms with Crippen LogP contribution in [-0.2, 0) is 53.0 Å². The van der Waals surface area contributed by atoms with E-state index in [0.29, 0.717) is 46.0 Å². The van der Waals surface area contributed by atoms with E-state index in [2.05, 4.69) is 5.32 Å². The average molecular weight is 858 g/mol. The Kier molecular flexibility index (Phi) is 14.0. The van der Waals surface area contributed by atoms with Crippen molar-refractivity contribution in [3.63, 3.8) is 0 Å². The van der Waals surface area contributed by atoms with Crippen LogP contribution in [0.3, 0.4) is 0 Å². The molecular weight excluding hydrogens is 799 g/mol. The second-order valence-corrected chi connectivity index (χ2v) is 18.5. The third kappa shape index (κ3) is 10.4. The van der Waals surface area contributed by atoms with Gasteiger partial charge in [0.05, 0.1) is 6.04 Å². The Morgan fingerprint density at radius 3 is 1.85 bits per heavy atom. The Balaban J connectivity index is 0.910. The van der Waals surface area contributed by atoms with Crippen LogP contribution in [-0.4, -0.2) is 95.6 Å². The van der Waals surface area contributed by atoms with Gasteiger partial charge < -0.3 is 24.8 Å². The summed E-state index contributed by atoms with van der Waals surface area (Å²) >= 11 is 0. The van der Waals surface area contributed by atoms with Crippen LogP contribution in [0, 0.1) is 0 Å². The van der Waals surface area contributed by atoms with Gasteiger partial charge in [-0.25, -0.2) is 9.59 Å². The second kappa shape index (κ2) is 18.9. The number of fused-ring (bicyclic) bond motifs is 2. The van der Waals surface area contributed by atoms with Crippen LogP contribution in [0.1, 0.15) is 157 Å². The molecule has 2 aromatic rings. The molecule has 0 saturated carbocycles. The number of nitrogens with zero attached hydrogens (tertiary/aromatic N) is 4. The van der Waals surface area contributed by atoms with Gasteiger partial charge in [-0.05, 0) is 96.9 Å². The highest BCUT2D eigenvalue weighted by molar-refractivity contribution is 6.14. The standard InChI is InChI=1S/C46H59N5O11/c1-45(2,3)61-43(59)50-37(53)24-22-34(41(50)57)48-26-31-28(17-14-18-29(31)39(48)55)16-12-10-8-7-9-11-13-21-36(52)47-33-20-15-19-30-32(33)27-49(40(30)56)35-23-25-38(54)51(42(35)58)44(60)62-46(4,5)6/h14-15,17-20,34-35,39,55H,7-13,16,21-27H2,1-6H3,(H,47,52). The van der Waals surface area contributed by atoms with Gasteiger partial charge in [0.2, 0.25) is 17.7 Å². The summed E-state index contributed by atoms with van der Waals surface area (Å²) in [6.07, 6.45) is 4.69. The van der Waals surface area contributed by atoms with Gasteiger partial charge in [-0.3, -0.25) is 33.7 Å². The van der Waals surface area contributed by atoms with E-state index in [1.165, 1.54) is 4.90 Å². The molecule has 0 aromatic heterocycles. The number of piperidine rings is 2. The van der Waals surface area contributed by atoms with Gasteiger partial charge in [-0.1, -0.05) is 56.4 Å². The number of benzene rings is 2. The molecule has 0 bridgehead atoms. The number of ether oxygens (including phenoxy) is 2. The first-order valence-electron chi connectivity index (χ1n) is 21.7. The number of imide groups is 6. The minimum atomic E-state index is -1.06. The monoisotopic (exact) mass is 857 g/mol. The largest absolute Gasteiger partial charge is 0.443 e. The Morgan fingerprint density at radius 2 is 1.24 bits per heavy atom. The van der Waals surface area contributed by atoms with Crippen molar-refractivity contribution in [3.05, 3.63) is 64.2 Å². The Hall–Kier alpha value is -5.48. The van der Waals surface area contributed by atoms with Crippen molar-refractivity contribution in [3.8, 4) is 0 Å². The highest BCUT2D eigenvalue weighted by atomic mass is 16.6. The van der Waals surface area contributed by atoms with Gasteiger partial charge in [-0.2, -0.15) is 9.80 Å². The molecule has 3 atom stereocenters. The summed E-state index contributed by atoms with van der Waals surface area (Å²) in [6.45, 7) is 10.3. The molecule has 0 radical (unpaired) electrons. The number of amides is 8. The zero-order valence-electron chi connectivity index (χ0n) is 36.6. The summed E-state index contributed by atoms with van der Waals surface area (Å²) in [6, 6.07) is 8.95. The number of rotatable bonds is 13. The third-order valence-corrected chi connectivity index (χ3v) is 11.6. The van der Waals surface area contributed by atoms with Gasteiger partial charge in [0.15, 0.2) is 0 Å². The summed E-state index contributed by atoms with van der Waals surface area (Å²) in [4.78, 5) is 108. The molecular formula is C46H59N5O11. The van der Waals surface area contributed by atoms with Gasteiger partial charge in [0, 0.05) is 54.7 Å². The molecule has 0 spiro atoms. The van der Waals surface area contributed by atoms with Crippen molar-refractivity contribution in [2.75, 3.05) is 5.32 Å². The number of aryl methyl sites for hydroxylation is 1. The van der Waals surface area contributed by atoms with Gasteiger partial charge in [0.1, 0.15) is 23.5 Å². The van der Waals surface area contributed by atoms with Crippen LogP contribution in [0.5, 0.6) is 0 Å². The number of hydrogen-bond acceptors (Lipinski definition) is 12. The number of anilines is 1. The fourth-order valence-corrected chi connectivity index (χ4v) is 8.60. The van der Waals surface area contributed by atoms with Gasteiger partial charge in [0.25, 0.3) is 17.7 Å². The molecule has 3 unspecified atom stereocenters. The maximum atomic E-state index is 13.5. The quantitative estimate of drug-likeness (QED) is 0.161. The van der Waals surface area contributed by atoms with E-state index in [0.717, 1.165) is 61.6 Å². The number of carbonyl (C=O) groups excluding carboxylic acids is 8. The maximum absolute atomic E-state index is 13.5. The molecule has 0 aliphatic carbocycles. The van der Waals surface area contributed by atoms with Crippen LogP contribution in [0.4, 0.5) is 15.3 Å². The summed E-state index contributed by atoms with van der Waals surface area (Å²) in [5, 5.41) is 14.2. The van der Waals surface area contributed by atoms with Crippen molar-refractivity contribution in [2.45, 2.75) is 168 Å². The van der Waals surface area contributed by atoms with E-state index in [-0.39, 0.29) is 38.1 Å². The lowest BCUT2D eigenvalue weighted by molar-refractivity contribution is -0.155. The Morgan fingerprint density at radius 1 is 0.694 bits per heavy atom. The molecule has 2 N–H and O–H groups in total. The minimum absolute atomic E-state index is 0.00884. The van der Waals surface area contributed by atoms with Crippen LogP contribution < -0.4 is 5.32 Å². The van der Waals surface area contributed by atoms with E-state index in [4.69, 9.17) is 9.47 Å². The second-order valence-electron chi connectivity index (χ2n) is 18.5. The maximum Gasteiger partial charge on any atom is 0.424 e. The summed E-state index contributed by atoms with van der Waals surface area (Å²) < 4.78 is 10.6. The molecule has 2 saturated heterocycles. The number of aliphatic hydroxyl groups is 1. The molecule has 16 heteroatoms. The number of carbonyl (C=O) groups is 8. The topological polar surface area (TPSA) is 200 Å². The van der Waals surface area contributed by atoms with Gasteiger partial charge in [-0.15, -0.1) is 0 Å². The number of likely N-dealkylation sites (tertiary alicyclic amines) is 2. The van der Waals surface area contributed by atoms with Gasteiger partial charge >= 0.3 is 12.2 Å². The molecule has 4 aliphatic heterocycles. The van der Waals surface area contributed by atoms with E-state index in [1.807, 2.05) is 18.2 Å². The zero-order valence-corrected chi connectivity index (χ0v) is 36.6. The smallest absolute Gasteiger partial charge is 0.424 e. The third-order valence-electron chi connectivity index (χ3n) is 11.6. The lowest BCUT2D eigenvalue weighted by Gasteiger charge is -2.36. The lowest BCUT2D eigenvalue weighted by atomic mass is 9.97. The van der Waals surface area contributed by atoms with Crippen molar-refractivity contribution in [1.29, 1.82) is 0 Å². The predicted octanol–water partition coefficient (Wildman–Crippen LogP) is 6.66. The SMILES string of the molecule is CC(C)(C)OC(=O)N1C(=O)CCC(N2Cc3c(NC(=O)CCCCCCCCCc4cccc5c4CN(C4CCC(=O)N(C(=O)OC(C)(C)C)C4=O)C5O)cccc3C2=O)C1=O. The molecule has 2 aromatic carbocycles. The fourth-order valence-electron chi connectivity index (χ4n) is 8.60. The fraction of sp³-hybridized carbons (Fsp3) is 0.565. The van der Waals surface area contributed by atoms with Crippen molar-refractivity contribution >= 4 is 53.3 Å². The van der Waals surface area contributed by atoms with Crippen LogP contribution in [0.2, 0.25) is 0 Å². The number of aliphatic hydroxyl groups excluding tert-OH is 1. The molecule has 62 heavy (non-hydrogen) atoms. The Bertz CT molecular complexity index is 2120. The lowest BCUT2D eigenvalue weighted by Crippen LogP contribution is -2.57. The number of hydrogen-bond donors (Lipinski definition) is 2. The molecule has 334 valence electrons. The first kappa shape index (κ1) is 46.0. The van der Waals surface area contributed by atoms with Crippen molar-refractivity contribution in [1.82, 2.24) is 19.6 Å². The molecule has 6 rings (SSSR count). The van der Waals surface area contributed by atoms with Crippen LogP contribution in [0.15, 0.2) is 36.4 Å². The summed E-state index contributed by atoms with van der Waals surface area (Å²) in [5.74, 6) is -3.35. The molecule has 8 amide bonds. The number of unbranched alkanes of at least 4 members (excludes halogenated alkanes) is 6. The molecule has 4 heterocycles. The first-order valence-corrected chi connectivity index (χ1v) is 21.7. The van der Waals surface area contributed by atoms with Crippen LogP contribution >= 0.6 is 0 Å². The van der Waals surface area contributed by atoms with Crippen molar-refractivity contribution < 1.29 is 52.9 Å². The summed E-state index contributed by atoms with van der Waals surface area (Å²) in [7, 11) is 0. The minimum Gasteiger partial charge on any atom is -0.443 e. The highest BCUT2D eigenvalue weighted by Gasteiger charge is 2.48. The van der Waals surface area contributed by atoms with E-state index in [1.54, 1.807) is 64.6 Å². The Labute approximate surface area is 362 Å². The summed E-state index contributed by atoms with van der Waals surface area (Å²) in [5.41, 5.74) is 2.42. The molecule has 2 fully saturated rings. The van der Waals surface area contributed by atoms with E-state index >= 15 is 0 Å². The zero-order chi connectivity index (χ0) is 45.1. The molecule has 4 aliphatic rings. The highest BCUT2D eigenvalue weighted by Crippen LogP contribution is 2.39. The van der Waals surface area contributed by atoms with Crippen molar-refractivity contribution in [2.24, 2.45) is 0 Å². The normalized spacial score (nSPS) is 20.7. The van der Waals surface area contributed by atoms with Crippen LogP contribution in [0.25, 0.3) is 0 Å².